The predicted octanol–water partition coefficient (Wildman–Crippen LogP) is 7.08. The van der Waals surface area contributed by atoms with E-state index in [4.69, 9.17) is 23.9 Å². The van der Waals surface area contributed by atoms with Gasteiger partial charge in [0.15, 0.2) is 16.6 Å². The summed E-state index contributed by atoms with van der Waals surface area (Å²) in [5.41, 5.74) is 2.56. The largest absolute Gasteiger partial charge is 0.507 e. The molecule has 3 heterocycles. The Hall–Kier alpha value is -4.57. The molecule has 1 saturated heterocycles. The minimum Gasteiger partial charge on any atom is -0.507 e. The number of nitrogens with zero attached hydrogens (tertiary/aromatic N) is 2. The summed E-state index contributed by atoms with van der Waals surface area (Å²) in [4.78, 5) is 33.8. The fourth-order valence-corrected chi connectivity index (χ4v) is 6.72. The molecule has 2 aliphatic heterocycles. The highest BCUT2D eigenvalue weighted by Crippen LogP contribution is 2.46. The van der Waals surface area contributed by atoms with E-state index in [9.17, 15) is 14.7 Å². The number of aliphatic hydroxyl groups excluding tert-OH is 1. The minimum absolute atomic E-state index is 0.0130. The van der Waals surface area contributed by atoms with Crippen molar-refractivity contribution in [2.24, 2.45) is 5.92 Å². The summed E-state index contributed by atoms with van der Waals surface area (Å²) in [6, 6.07) is 15.2. The van der Waals surface area contributed by atoms with Crippen molar-refractivity contribution < 1.29 is 33.6 Å². The quantitative estimate of drug-likeness (QED) is 0.113. The molecule has 0 unspecified atom stereocenters. The van der Waals surface area contributed by atoms with Crippen LogP contribution in [0, 0.1) is 5.92 Å². The first-order valence-electron chi connectivity index (χ1n) is 15.1. The number of hydrogen-bond donors (Lipinski definition) is 1. The molecule has 234 valence electrons. The predicted molar refractivity (Wildman–Crippen MR) is 174 cm³/mol. The maximum absolute atomic E-state index is 13.8. The number of aliphatic hydroxyl groups is 1. The molecule has 0 saturated carbocycles. The lowest BCUT2D eigenvalue weighted by Crippen LogP contribution is -2.29. The molecule has 10 heteroatoms. The van der Waals surface area contributed by atoms with Gasteiger partial charge in [0, 0.05) is 12.0 Å². The average Bonchev–Trinajstić information content (AvgIpc) is 3.68. The van der Waals surface area contributed by atoms with Gasteiger partial charge in [-0.3, -0.25) is 14.5 Å². The third kappa shape index (κ3) is 5.82. The van der Waals surface area contributed by atoms with E-state index in [1.807, 2.05) is 38.1 Å². The van der Waals surface area contributed by atoms with Crippen LogP contribution < -0.4 is 23.8 Å². The number of thiazole rings is 1. The summed E-state index contributed by atoms with van der Waals surface area (Å²) >= 11 is 1.28. The van der Waals surface area contributed by atoms with Crippen molar-refractivity contribution in [1.29, 1.82) is 0 Å². The summed E-state index contributed by atoms with van der Waals surface area (Å²) in [5.74, 6) is 1.07. The van der Waals surface area contributed by atoms with Crippen molar-refractivity contribution in [2.45, 2.75) is 52.7 Å². The van der Waals surface area contributed by atoms with Gasteiger partial charge in [-0.25, -0.2) is 4.98 Å². The Balaban J connectivity index is 1.48. The first-order chi connectivity index (χ1) is 21.7. The molecule has 1 aromatic heterocycles. The number of carbonyl (C=O) groups is 2. The molecule has 4 aromatic rings. The number of anilines is 1. The van der Waals surface area contributed by atoms with Gasteiger partial charge >= 0.3 is 5.91 Å². The van der Waals surface area contributed by atoms with Gasteiger partial charge in [-0.1, -0.05) is 31.3 Å². The summed E-state index contributed by atoms with van der Waals surface area (Å²) in [7, 11) is 1.54. The van der Waals surface area contributed by atoms with Crippen molar-refractivity contribution in [3.63, 3.8) is 0 Å². The molecule has 2 atom stereocenters. The minimum atomic E-state index is -0.973. The number of ether oxygens (including phenoxy) is 4. The second-order valence-electron chi connectivity index (χ2n) is 11.6. The topological polar surface area (TPSA) is 107 Å². The maximum Gasteiger partial charge on any atom is 0.301 e. The molecule has 0 spiro atoms. The van der Waals surface area contributed by atoms with Crippen molar-refractivity contribution in [1.82, 2.24) is 4.98 Å². The van der Waals surface area contributed by atoms with Gasteiger partial charge < -0.3 is 24.1 Å². The lowest BCUT2D eigenvalue weighted by molar-refractivity contribution is -0.132. The Morgan fingerprint density at radius 1 is 1.09 bits per heavy atom. The number of benzene rings is 3. The zero-order chi connectivity index (χ0) is 31.8. The second kappa shape index (κ2) is 12.4. The van der Waals surface area contributed by atoms with Gasteiger partial charge in [-0.2, -0.15) is 0 Å². The summed E-state index contributed by atoms with van der Waals surface area (Å²) in [5, 5.41) is 12.1. The highest BCUT2D eigenvalue weighted by Gasteiger charge is 2.48. The Morgan fingerprint density at radius 3 is 2.67 bits per heavy atom. The fourth-order valence-electron chi connectivity index (χ4n) is 5.70. The number of hydrogen-bond acceptors (Lipinski definition) is 9. The maximum atomic E-state index is 13.8. The van der Waals surface area contributed by atoms with E-state index < -0.39 is 17.7 Å². The molecule has 6 rings (SSSR count). The van der Waals surface area contributed by atoms with Gasteiger partial charge in [0.2, 0.25) is 0 Å². The van der Waals surface area contributed by atoms with Crippen LogP contribution in [0.15, 0.2) is 60.2 Å². The van der Waals surface area contributed by atoms with Crippen LogP contribution in [0.3, 0.4) is 0 Å². The van der Waals surface area contributed by atoms with Crippen molar-refractivity contribution in [3.8, 4) is 23.0 Å². The Bertz CT molecular complexity index is 1810. The standard InChI is InChI=1S/C35H36N2O7S/c1-6-42-24-9-10-25-29(18-24)45-35(36-25)37-31(21-7-12-27(28(17-21)41-5)43-14-13-19(2)3)30(33(39)34(37)40)32(38)22-8-11-26-23(16-22)15-20(4)44-26/h7-12,16-20,31,38H,6,13-15H2,1-5H3/t20-,31-/m0/s1. The second-order valence-corrected chi connectivity index (χ2v) is 12.6. The molecule has 0 aliphatic carbocycles. The SMILES string of the molecule is CCOc1ccc2nc(N3C(=O)C(=O)C(=C(O)c4ccc5c(c4)C[C@H](C)O5)[C@@H]3c3ccc(OCCC(C)C)c(OC)c3)sc2c1. The third-order valence-corrected chi connectivity index (χ3v) is 8.95. The van der Waals surface area contributed by atoms with Gasteiger partial charge in [-0.05, 0) is 85.8 Å². The number of amides is 1. The van der Waals surface area contributed by atoms with Crippen LogP contribution in [0.4, 0.5) is 5.13 Å². The molecule has 9 nitrogen and oxygen atoms in total. The first-order valence-corrected chi connectivity index (χ1v) is 15.9. The highest BCUT2D eigenvalue weighted by molar-refractivity contribution is 7.22. The number of fused-ring (bicyclic) bond motifs is 2. The van der Waals surface area contributed by atoms with Crippen LogP contribution in [0.2, 0.25) is 0 Å². The third-order valence-electron chi connectivity index (χ3n) is 7.94. The van der Waals surface area contributed by atoms with Crippen LogP contribution in [-0.4, -0.2) is 48.2 Å². The van der Waals surface area contributed by atoms with Gasteiger partial charge in [0.05, 0.1) is 42.2 Å². The molecule has 0 bridgehead atoms. The highest BCUT2D eigenvalue weighted by atomic mass is 32.1. The smallest absolute Gasteiger partial charge is 0.301 e. The van der Waals surface area contributed by atoms with Crippen molar-refractivity contribution >= 4 is 44.1 Å². The Labute approximate surface area is 266 Å². The number of aromatic nitrogens is 1. The Kier molecular flexibility index (Phi) is 8.42. The summed E-state index contributed by atoms with van der Waals surface area (Å²) < 4.78 is 24.0. The fraction of sp³-hybridized carbons (Fsp3) is 0.343. The van der Waals surface area contributed by atoms with Gasteiger partial charge in [0.1, 0.15) is 23.4 Å². The molecule has 3 aromatic carbocycles. The molecule has 2 aliphatic rings. The summed E-state index contributed by atoms with van der Waals surface area (Å²) in [6.45, 7) is 9.16. The van der Waals surface area contributed by atoms with Crippen LogP contribution >= 0.6 is 11.3 Å². The lowest BCUT2D eigenvalue weighted by atomic mass is 9.94. The molecule has 1 fully saturated rings. The van der Waals surface area contributed by atoms with Crippen LogP contribution in [0.25, 0.3) is 16.0 Å². The van der Waals surface area contributed by atoms with Gasteiger partial charge in [-0.15, -0.1) is 0 Å². The van der Waals surface area contributed by atoms with Crippen LogP contribution in [-0.2, 0) is 16.0 Å². The number of ketones is 1. The van der Waals surface area contributed by atoms with E-state index in [0.29, 0.717) is 64.6 Å². The van der Waals surface area contributed by atoms with E-state index in [1.165, 1.54) is 16.2 Å². The van der Waals surface area contributed by atoms with Crippen LogP contribution in [0.5, 0.6) is 23.0 Å². The first kappa shape index (κ1) is 30.5. The number of methoxy groups -OCH3 is 1. The molecular weight excluding hydrogens is 592 g/mol. The average molecular weight is 629 g/mol. The number of Topliss-reactive ketones (excluding diaryl/α,β-unsaturated/α-hetero) is 1. The number of carbonyl (C=O) groups excluding carboxylic acids is 2. The number of rotatable bonds is 10. The molecule has 45 heavy (non-hydrogen) atoms. The molecular formula is C35H36N2O7S. The lowest BCUT2D eigenvalue weighted by Gasteiger charge is -2.24. The molecule has 0 radical (unpaired) electrons. The van der Waals surface area contributed by atoms with Crippen molar-refractivity contribution in [3.05, 3.63) is 76.9 Å². The van der Waals surface area contributed by atoms with E-state index in [1.54, 1.807) is 37.4 Å². The van der Waals surface area contributed by atoms with Gasteiger partial charge in [0.25, 0.3) is 5.78 Å². The monoisotopic (exact) mass is 628 g/mol. The van der Waals surface area contributed by atoms with Crippen LogP contribution in [0.1, 0.15) is 56.8 Å². The summed E-state index contributed by atoms with van der Waals surface area (Å²) in [6.07, 6.45) is 1.57. The molecule has 1 amide bonds. The molecule has 1 N–H and O–H groups in total. The van der Waals surface area contributed by atoms with Crippen molar-refractivity contribution in [2.75, 3.05) is 25.2 Å². The van der Waals surface area contributed by atoms with E-state index in [-0.39, 0.29) is 17.4 Å². The van der Waals surface area contributed by atoms with E-state index >= 15 is 0 Å². The zero-order valence-electron chi connectivity index (χ0n) is 26.0. The van der Waals surface area contributed by atoms with E-state index in [2.05, 4.69) is 13.8 Å². The normalized spacial score (nSPS) is 18.8. The van der Waals surface area contributed by atoms with E-state index in [0.717, 1.165) is 22.4 Å². The zero-order valence-corrected chi connectivity index (χ0v) is 26.8. The Morgan fingerprint density at radius 2 is 1.91 bits per heavy atom.